The molecule has 68 valence electrons. The SMILES string of the molecule is CC=CC=[N+]([O-])C1CCCCC1. The summed E-state index contributed by atoms with van der Waals surface area (Å²) >= 11 is 0. The number of hydrogen-bond acceptors (Lipinski definition) is 1. The molecule has 0 unspecified atom stereocenters. The van der Waals surface area contributed by atoms with Crippen LogP contribution in [0.3, 0.4) is 0 Å². The molecule has 0 N–H and O–H groups in total. The number of allylic oxidation sites excluding steroid dienone is 2. The second-order valence-electron chi connectivity index (χ2n) is 3.33. The maximum atomic E-state index is 11.4. The minimum atomic E-state index is 0.245. The van der Waals surface area contributed by atoms with Crippen molar-refractivity contribution in [3.8, 4) is 0 Å². The Hall–Kier alpha value is -0.790. The van der Waals surface area contributed by atoms with Gasteiger partial charge in [0.25, 0.3) is 0 Å². The summed E-state index contributed by atoms with van der Waals surface area (Å²) in [5, 5.41) is 11.4. The lowest BCUT2D eigenvalue weighted by Crippen LogP contribution is -2.24. The molecule has 0 radical (unpaired) electrons. The third-order valence-corrected chi connectivity index (χ3v) is 2.36. The fourth-order valence-electron chi connectivity index (χ4n) is 1.63. The van der Waals surface area contributed by atoms with E-state index in [0.29, 0.717) is 0 Å². The van der Waals surface area contributed by atoms with Gasteiger partial charge < -0.3 is 5.21 Å². The first-order valence-corrected chi connectivity index (χ1v) is 4.76. The third-order valence-electron chi connectivity index (χ3n) is 2.36. The molecule has 0 aromatic rings. The molecule has 1 aliphatic carbocycles. The van der Waals surface area contributed by atoms with Gasteiger partial charge in [0.2, 0.25) is 0 Å². The van der Waals surface area contributed by atoms with Crippen molar-refractivity contribution in [3.05, 3.63) is 17.4 Å². The van der Waals surface area contributed by atoms with Gasteiger partial charge in [0, 0.05) is 12.8 Å². The molecular formula is C10H17NO. The van der Waals surface area contributed by atoms with Crippen LogP contribution in [0, 0.1) is 5.21 Å². The molecule has 2 heteroatoms. The Kier molecular flexibility index (Phi) is 3.85. The molecule has 1 rings (SSSR count). The molecule has 0 aromatic heterocycles. The number of rotatable bonds is 2. The summed E-state index contributed by atoms with van der Waals surface area (Å²) in [6.07, 6.45) is 11.2. The van der Waals surface area contributed by atoms with Crippen molar-refractivity contribution in [3.63, 3.8) is 0 Å². The zero-order chi connectivity index (χ0) is 8.81. The van der Waals surface area contributed by atoms with Crippen molar-refractivity contribution in [2.75, 3.05) is 0 Å². The second-order valence-corrected chi connectivity index (χ2v) is 3.33. The quantitative estimate of drug-likeness (QED) is 0.268. The Labute approximate surface area is 74.2 Å². The van der Waals surface area contributed by atoms with Crippen LogP contribution in [-0.2, 0) is 0 Å². The minimum absolute atomic E-state index is 0.245. The van der Waals surface area contributed by atoms with Gasteiger partial charge >= 0.3 is 0 Å². The third kappa shape index (κ3) is 2.68. The lowest BCUT2D eigenvalue weighted by molar-refractivity contribution is -0.500. The summed E-state index contributed by atoms with van der Waals surface area (Å²) in [5.74, 6) is 0. The lowest BCUT2D eigenvalue weighted by atomic mass is 9.96. The largest absolute Gasteiger partial charge is 0.624 e. The van der Waals surface area contributed by atoms with E-state index in [9.17, 15) is 5.21 Å². The molecule has 0 aromatic carbocycles. The van der Waals surface area contributed by atoms with Gasteiger partial charge in [0.1, 0.15) is 0 Å². The zero-order valence-corrected chi connectivity index (χ0v) is 7.70. The van der Waals surface area contributed by atoms with Gasteiger partial charge in [-0.05, 0) is 25.8 Å². The molecule has 1 saturated carbocycles. The lowest BCUT2D eigenvalue weighted by Gasteiger charge is -2.20. The summed E-state index contributed by atoms with van der Waals surface area (Å²) in [6, 6.07) is 0.245. The summed E-state index contributed by atoms with van der Waals surface area (Å²) < 4.78 is 1.11. The molecule has 0 heterocycles. The van der Waals surface area contributed by atoms with E-state index in [1.165, 1.54) is 19.3 Å². The molecular weight excluding hydrogens is 150 g/mol. The van der Waals surface area contributed by atoms with Crippen molar-refractivity contribution in [1.82, 2.24) is 0 Å². The number of hydroxylamine groups is 1. The minimum Gasteiger partial charge on any atom is -0.624 e. The van der Waals surface area contributed by atoms with Gasteiger partial charge in [0.15, 0.2) is 12.3 Å². The summed E-state index contributed by atoms with van der Waals surface area (Å²) in [7, 11) is 0. The zero-order valence-electron chi connectivity index (χ0n) is 7.70. The van der Waals surface area contributed by atoms with Crippen molar-refractivity contribution in [2.45, 2.75) is 45.1 Å². The van der Waals surface area contributed by atoms with Crippen molar-refractivity contribution in [2.24, 2.45) is 0 Å². The Morgan fingerprint density at radius 3 is 2.50 bits per heavy atom. The number of hydrogen-bond donors (Lipinski definition) is 0. The van der Waals surface area contributed by atoms with E-state index in [1.54, 1.807) is 6.21 Å². The maximum absolute atomic E-state index is 11.4. The Morgan fingerprint density at radius 2 is 1.92 bits per heavy atom. The van der Waals surface area contributed by atoms with E-state index in [0.717, 1.165) is 17.6 Å². The van der Waals surface area contributed by atoms with Crippen LogP contribution < -0.4 is 0 Å². The highest BCUT2D eigenvalue weighted by atomic mass is 16.5. The van der Waals surface area contributed by atoms with Gasteiger partial charge in [-0.25, -0.2) is 4.74 Å². The molecule has 12 heavy (non-hydrogen) atoms. The Bertz CT molecular complexity index is 178. The first-order chi connectivity index (χ1) is 5.84. The smallest absolute Gasteiger partial charge is 0.174 e. The predicted molar refractivity (Wildman–Crippen MR) is 51.4 cm³/mol. The molecule has 0 aliphatic heterocycles. The molecule has 0 amide bonds. The topological polar surface area (TPSA) is 26.1 Å². The van der Waals surface area contributed by atoms with Crippen LogP contribution in [0.15, 0.2) is 12.2 Å². The van der Waals surface area contributed by atoms with Crippen LogP contribution in [0.1, 0.15) is 39.0 Å². The van der Waals surface area contributed by atoms with Crippen LogP contribution in [0.2, 0.25) is 0 Å². The normalized spacial score (nSPS) is 21.9. The highest BCUT2D eigenvalue weighted by Gasteiger charge is 2.18. The fourth-order valence-corrected chi connectivity index (χ4v) is 1.63. The van der Waals surface area contributed by atoms with Crippen molar-refractivity contribution in [1.29, 1.82) is 0 Å². The van der Waals surface area contributed by atoms with Crippen molar-refractivity contribution < 1.29 is 4.74 Å². The first-order valence-electron chi connectivity index (χ1n) is 4.76. The summed E-state index contributed by atoms with van der Waals surface area (Å²) in [4.78, 5) is 0. The van der Waals surface area contributed by atoms with Gasteiger partial charge in [0.05, 0.1) is 0 Å². The first kappa shape index (κ1) is 9.30. The maximum Gasteiger partial charge on any atom is 0.174 e. The highest BCUT2D eigenvalue weighted by Crippen LogP contribution is 2.19. The van der Waals surface area contributed by atoms with E-state index >= 15 is 0 Å². The van der Waals surface area contributed by atoms with E-state index in [4.69, 9.17) is 0 Å². The molecule has 0 saturated heterocycles. The Balaban J connectivity index is 2.44. The average Bonchev–Trinajstić information content (AvgIpc) is 2.15. The summed E-state index contributed by atoms with van der Waals surface area (Å²) in [6.45, 7) is 1.92. The van der Waals surface area contributed by atoms with E-state index in [-0.39, 0.29) is 6.04 Å². The predicted octanol–water partition coefficient (Wildman–Crippen LogP) is 2.48. The standard InChI is InChI=1S/C10H17NO/c1-2-3-9-11(12)10-7-5-4-6-8-10/h2-3,9-10H,4-8H2,1H3. The number of nitrogens with zero attached hydrogens (tertiary/aromatic N) is 1. The van der Waals surface area contributed by atoms with E-state index in [2.05, 4.69) is 0 Å². The van der Waals surface area contributed by atoms with Gasteiger partial charge in [-0.3, -0.25) is 0 Å². The molecule has 1 fully saturated rings. The van der Waals surface area contributed by atoms with E-state index < -0.39 is 0 Å². The second kappa shape index (κ2) is 4.96. The summed E-state index contributed by atoms with van der Waals surface area (Å²) in [5.41, 5.74) is 0. The van der Waals surface area contributed by atoms with Crippen molar-refractivity contribution >= 4 is 6.21 Å². The average molecular weight is 167 g/mol. The molecule has 0 bridgehead atoms. The van der Waals surface area contributed by atoms with Crippen LogP contribution >= 0.6 is 0 Å². The van der Waals surface area contributed by atoms with Gasteiger partial charge in [-0.2, -0.15) is 0 Å². The van der Waals surface area contributed by atoms with Crippen LogP contribution in [0.5, 0.6) is 0 Å². The molecule has 0 spiro atoms. The van der Waals surface area contributed by atoms with Crippen LogP contribution in [-0.4, -0.2) is 17.0 Å². The van der Waals surface area contributed by atoms with Gasteiger partial charge in [-0.1, -0.05) is 12.5 Å². The van der Waals surface area contributed by atoms with Gasteiger partial charge in [-0.15, -0.1) is 0 Å². The molecule has 0 atom stereocenters. The monoisotopic (exact) mass is 167 g/mol. The molecule has 2 nitrogen and oxygen atoms in total. The van der Waals surface area contributed by atoms with Crippen LogP contribution in [0.4, 0.5) is 0 Å². The Morgan fingerprint density at radius 1 is 1.25 bits per heavy atom. The van der Waals surface area contributed by atoms with E-state index in [1.807, 2.05) is 19.1 Å². The highest BCUT2D eigenvalue weighted by molar-refractivity contribution is 5.66. The molecule has 1 aliphatic rings. The van der Waals surface area contributed by atoms with Crippen LogP contribution in [0.25, 0.3) is 0 Å². The fraction of sp³-hybridized carbons (Fsp3) is 0.700.